The first-order chi connectivity index (χ1) is 13.7. The Morgan fingerprint density at radius 3 is 2.86 bits per heavy atom. The number of Topliss-reactive ketones (excluding diaryl/α,β-unsaturated/α-hetero) is 1. The standard InChI is InChI=1S/C22H27N3O3/c1-28-21-8-3-2-6-16(21)11-13-23-12-5-4-7-20(26)17-9-10-19-18(14-17)15-24-22(27)25-19/h2-3,6,8-10,14,23H,4-5,7,11-13,15H2,1H3,(H2,24,25,27). The third kappa shape index (κ3) is 5.33. The SMILES string of the molecule is COc1ccccc1CCNCCCCC(=O)c1ccc2c(c1)CNC(=O)N2. The van der Waals surface area contributed by atoms with Crippen molar-refractivity contribution >= 4 is 17.5 Å². The Morgan fingerprint density at radius 1 is 1.14 bits per heavy atom. The molecule has 3 N–H and O–H groups in total. The second-order valence-electron chi connectivity index (χ2n) is 6.87. The molecule has 0 saturated carbocycles. The highest BCUT2D eigenvalue weighted by Crippen LogP contribution is 2.21. The van der Waals surface area contributed by atoms with Crippen molar-refractivity contribution in [3.63, 3.8) is 0 Å². The van der Waals surface area contributed by atoms with Crippen LogP contribution in [0.2, 0.25) is 0 Å². The number of benzene rings is 2. The average molecular weight is 381 g/mol. The zero-order chi connectivity index (χ0) is 19.8. The van der Waals surface area contributed by atoms with Gasteiger partial charge in [-0.25, -0.2) is 4.79 Å². The fraction of sp³-hybridized carbons (Fsp3) is 0.364. The number of carbonyl (C=O) groups excluding carboxylic acids is 2. The van der Waals surface area contributed by atoms with Crippen molar-refractivity contribution in [2.45, 2.75) is 32.2 Å². The van der Waals surface area contributed by atoms with E-state index in [1.165, 1.54) is 5.56 Å². The van der Waals surface area contributed by atoms with Crippen molar-refractivity contribution in [3.05, 3.63) is 59.2 Å². The quantitative estimate of drug-likeness (QED) is 0.435. The average Bonchev–Trinajstić information content (AvgIpc) is 2.72. The molecule has 6 heteroatoms. The maximum atomic E-state index is 12.4. The molecule has 6 nitrogen and oxygen atoms in total. The molecule has 0 saturated heterocycles. The summed E-state index contributed by atoms with van der Waals surface area (Å²) in [6.07, 6.45) is 3.27. The number of anilines is 1. The van der Waals surface area contributed by atoms with Gasteiger partial charge in [0.15, 0.2) is 5.78 Å². The molecular formula is C22H27N3O3. The van der Waals surface area contributed by atoms with E-state index in [1.54, 1.807) is 19.2 Å². The number of fused-ring (bicyclic) bond motifs is 1. The minimum Gasteiger partial charge on any atom is -0.496 e. The van der Waals surface area contributed by atoms with E-state index >= 15 is 0 Å². The summed E-state index contributed by atoms with van der Waals surface area (Å²) in [6, 6.07) is 13.3. The van der Waals surface area contributed by atoms with Crippen LogP contribution in [0.5, 0.6) is 5.75 Å². The fourth-order valence-electron chi connectivity index (χ4n) is 3.31. The van der Waals surface area contributed by atoms with Crippen molar-refractivity contribution in [3.8, 4) is 5.75 Å². The van der Waals surface area contributed by atoms with Crippen molar-refractivity contribution in [2.75, 3.05) is 25.5 Å². The Morgan fingerprint density at radius 2 is 2.00 bits per heavy atom. The first-order valence-electron chi connectivity index (χ1n) is 9.71. The van der Waals surface area contributed by atoms with Crippen LogP contribution in [0.1, 0.15) is 40.7 Å². The second-order valence-corrected chi connectivity index (χ2v) is 6.87. The minimum absolute atomic E-state index is 0.147. The summed E-state index contributed by atoms with van der Waals surface area (Å²) >= 11 is 0. The molecule has 0 atom stereocenters. The van der Waals surface area contributed by atoms with E-state index in [0.29, 0.717) is 18.5 Å². The maximum Gasteiger partial charge on any atom is 0.319 e. The van der Waals surface area contributed by atoms with Crippen molar-refractivity contribution in [1.29, 1.82) is 0 Å². The highest BCUT2D eigenvalue weighted by atomic mass is 16.5. The largest absolute Gasteiger partial charge is 0.496 e. The summed E-state index contributed by atoms with van der Waals surface area (Å²) in [6.45, 7) is 2.23. The molecule has 2 amide bonds. The number of rotatable bonds is 10. The molecule has 0 aliphatic carbocycles. The molecule has 0 radical (unpaired) electrons. The van der Waals surface area contributed by atoms with Crippen LogP contribution in [0.4, 0.5) is 10.5 Å². The number of hydrogen-bond donors (Lipinski definition) is 3. The van der Waals surface area contributed by atoms with Gasteiger partial charge in [-0.3, -0.25) is 4.79 Å². The number of unbranched alkanes of at least 4 members (excludes halogenated alkanes) is 1. The molecule has 2 aromatic rings. The van der Waals surface area contributed by atoms with Gasteiger partial charge < -0.3 is 20.7 Å². The van der Waals surface area contributed by atoms with Gasteiger partial charge in [0.25, 0.3) is 0 Å². The molecule has 3 rings (SSSR count). The third-order valence-electron chi connectivity index (χ3n) is 4.89. The van der Waals surface area contributed by atoms with Crippen LogP contribution in [0.3, 0.4) is 0 Å². The predicted octanol–water partition coefficient (Wildman–Crippen LogP) is 3.52. The molecule has 1 aliphatic rings. The molecule has 0 fully saturated rings. The van der Waals surface area contributed by atoms with E-state index in [1.807, 2.05) is 24.3 Å². The van der Waals surface area contributed by atoms with Gasteiger partial charge in [0.05, 0.1) is 7.11 Å². The first kappa shape index (κ1) is 19.9. The number of carbonyl (C=O) groups is 2. The topological polar surface area (TPSA) is 79.5 Å². The Labute approximate surface area is 165 Å². The van der Waals surface area contributed by atoms with Crippen LogP contribution in [0, 0.1) is 0 Å². The van der Waals surface area contributed by atoms with E-state index in [2.05, 4.69) is 22.0 Å². The van der Waals surface area contributed by atoms with Crippen LogP contribution < -0.4 is 20.7 Å². The van der Waals surface area contributed by atoms with Crippen LogP contribution >= 0.6 is 0 Å². The zero-order valence-corrected chi connectivity index (χ0v) is 16.2. The van der Waals surface area contributed by atoms with Gasteiger partial charge in [0.1, 0.15) is 5.75 Å². The molecule has 148 valence electrons. The molecule has 0 bridgehead atoms. The number of nitrogens with one attached hydrogen (secondary N) is 3. The number of ketones is 1. The van der Waals surface area contributed by atoms with Gasteiger partial charge in [-0.2, -0.15) is 0 Å². The van der Waals surface area contributed by atoms with Gasteiger partial charge >= 0.3 is 6.03 Å². The van der Waals surface area contributed by atoms with Crippen LogP contribution in [-0.2, 0) is 13.0 Å². The Hall–Kier alpha value is -2.86. The molecule has 0 spiro atoms. The minimum atomic E-state index is -0.204. The van der Waals surface area contributed by atoms with Crippen LogP contribution in [-0.4, -0.2) is 32.0 Å². The number of para-hydroxylation sites is 1. The summed E-state index contributed by atoms with van der Waals surface area (Å²) in [5.41, 5.74) is 3.63. The fourth-order valence-corrected chi connectivity index (χ4v) is 3.31. The monoisotopic (exact) mass is 381 g/mol. The predicted molar refractivity (Wildman–Crippen MR) is 110 cm³/mol. The molecule has 2 aromatic carbocycles. The number of methoxy groups -OCH3 is 1. The zero-order valence-electron chi connectivity index (χ0n) is 16.2. The van der Waals surface area contributed by atoms with Gasteiger partial charge in [-0.05, 0) is 67.7 Å². The lowest BCUT2D eigenvalue weighted by Gasteiger charge is -2.18. The van der Waals surface area contributed by atoms with E-state index in [0.717, 1.165) is 49.4 Å². The lowest BCUT2D eigenvalue weighted by atomic mass is 10.0. The summed E-state index contributed by atoms with van der Waals surface area (Å²) in [5.74, 6) is 1.07. The summed E-state index contributed by atoms with van der Waals surface area (Å²) in [4.78, 5) is 23.7. The second kappa shape index (κ2) is 9.90. The Bertz CT molecular complexity index is 836. The van der Waals surface area contributed by atoms with Crippen molar-refractivity contribution < 1.29 is 14.3 Å². The molecular weight excluding hydrogens is 354 g/mol. The van der Waals surface area contributed by atoms with E-state index in [4.69, 9.17) is 4.74 Å². The van der Waals surface area contributed by atoms with Crippen LogP contribution in [0.25, 0.3) is 0 Å². The van der Waals surface area contributed by atoms with E-state index in [-0.39, 0.29) is 11.8 Å². The van der Waals surface area contributed by atoms with Gasteiger partial charge in [-0.1, -0.05) is 18.2 Å². The van der Waals surface area contributed by atoms with Gasteiger partial charge in [-0.15, -0.1) is 0 Å². The lowest BCUT2D eigenvalue weighted by Crippen LogP contribution is -2.33. The van der Waals surface area contributed by atoms with Crippen molar-refractivity contribution in [1.82, 2.24) is 10.6 Å². The number of amides is 2. The van der Waals surface area contributed by atoms with E-state index in [9.17, 15) is 9.59 Å². The van der Waals surface area contributed by atoms with E-state index < -0.39 is 0 Å². The molecule has 0 unspecified atom stereocenters. The lowest BCUT2D eigenvalue weighted by molar-refractivity contribution is 0.0979. The molecule has 1 heterocycles. The first-order valence-corrected chi connectivity index (χ1v) is 9.71. The van der Waals surface area contributed by atoms with Gasteiger partial charge in [0.2, 0.25) is 0 Å². The highest BCUT2D eigenvalue weighted by Gasteiger charge is 2.15. The third-order valence-corrected chi connectivity index (χ3v) is 4.89. The number of ether oxygens (including phenoxy) is 1. The summed E-state index contributed by atoms with van der Waals surface area (Å²) < 4.78 is 5.36. The summed E-state index contributed by atoms with van der Waals surface area (Å²) in [7, 11) is 1.69. The Balaban J connectivity index is 1.34. The molecule has 1 aliphatic heterocycles. The van der Waals surface area contributed by atoms with Crippen LogP contribution in [0.15, 0.2) is 42.5 Å². The molecule has 0 aromatic heterocycles. The van der Waals surface area contributed by atoms with Gasteiger partial charge in [0, 0.05) is 24.2 Å². The smallest absolute Gasteiger partial charge is 0.319 e. The van der Waals surface area contributed by atoms with Crippen molar-refractivity contribution in [2.24, 2.45) is 0 Å². The Kier molecular flexibility index (Phi) is 7.03. The maximum absolute atomic E-state index is 12.4. The molecule has 28 heavy (non-hydrogen) atoms. The summed E-state index contributed by atoms with van der Waals surface area (Å²) in [5, 5.41) is 8.89. The normalized spacial score (nSPS) is 12.7. The number of urea groups is 1. The highest BCUT2D eigenvalue weighted by molar-refractivity contribution is 5.98. The number of hydrogen-bond acceptors (Lipinski definition) is 4.